The molecule has 3 rings (SSSR count). The monoisotopic (exact) mass is 408 g/mol. The highest BCUT2D eigenvalue weighted by Crippen LogP contribution is 2.24. The van der Waals surface area contributed by atoms with E-state index in [9.17, 15) is 4.79 Å². The molecule has 29 heavy (non-hydrogen) atoms. The first-order chi connectivity index (χ1) is 14.1. The molecule has 0 aliphatic rings. The van der Waals surface area contributed by atoms with Gasteiger partial charge >= 0.3 is 0 Å². The van der Waals surface area contributed by atoms with Crippen LogP contribution in [0.15, 0.2) is 60.0 Å². The predicted molar refractivity (Wildman–Crippen MR) is 116 cm³/mol. The fourth-order valence-corrected chi connectivity index (χ4v) is 3.50. The van der Waals surface area contributed by atoms with E-state index in [-0.39, 0.29) is 11.9 Å². The number of aromatic nitrogens is 1. The molecule has 1 amide bonds. The lowest BCUT2D eigenvalue weighted by Crippen LogP contribution is -2.24. The van der Waals surface area contributed by atoms with Crippen LogP contribution in [-0.4, -0.2) is 18.0 Å². The topological polar surface area (TPSA) is 60.5 Å². The van der Waals surface area contributed by atoms with E-state index in [0.29, 0.717) is 12.4 Å². The minimum absolute atomic E-state index is 0.178. The van der Waals surface area contributed by atoms with Crippen molar-refractivity contribution in [2.24, 2.45) is 0 Å². The Morgan fingerprint density at radius 3 is 2.62 bits per heavy atom. The zero-order chi connectivity index (χ0) is 20.6. The van der Waals surface area contributed by atoms with Crippen LogP contribution in [-0.2, 0) is 11.4 Å². The van der Waals surface area contributed by atoms with Gasteiger partial charge in [-0.05, 0) is 32.1 Å². The Labute approximate surface area is 175 Å². The smallest absolute Gasteiger partial charge is 0.244 e. The molecule has 1 atom stereocenters. The molecular weight excluding hydrogens is 384 g/mol. The number of para-hydroxylation sites is 2. The molecular formula is C23H24N2O3S. The van der Waals surface area contributed by atoms with E-state index in [1.54, 1.807) is 24.5 Å². The first kappa shape index (κ1) is 20.6. The van der Waals surface area contributed by atoms with Gasteiger partial charge in [0.15, 0.2) is 0 Å². The fourth-order valence-electron chi connectivity index (χ4n) is 2.90. The number of hydrogen-bond acceptors (Lipinski definition) is 5. The van der Waals surface area contributed by atoms with Crippen LogP contribution in [0.5, 0.6) is 11.5 Å². The molecule has 0 unspecified atom stereocenters. The Kier molecular flexibility index (Phi) is 7.03. The zero-order valence-corrected chi connectivity index (χ0v) is 17.5. The molecule has 1 aromatic heterocycles. The van der Waals surface area contributed by atoms with Gasteiger partial charge in [-0.1, -0.05) is 36.4 Å². The van der Waals surface area contributed by atoms with Crippen LogP contribution in [0.3, 0.4) is 0 Å². The Hall–Kier alpha value is -3.12. The van der Waals surface area contributed by atoms with Gasteiger partial charge in [-0.2, -0.15) is 0 Å². The molecule has 0 radical (unpaired) electrons. The summed E-state index contributed by atoms with van der Waals surface area (Å²) in [6.07, 6.45) is 3.27. The van der Waals surface area contributed by atoms with Crippen LogP contribution in [0.25, 0.3) is 6.08 Å². The summed E-state index contributed by atoms with van der Waals surface area (Å²) in [6, 6.07) is 15.1. The standard InChI is InChI=1S/C23H24N2O3S/c1-16(20-9-5-7-11-22(20)27-3)24-23(26)13-12-18-8-4-6-10-21(18)28-14-19-15-29-17(2)25-19/h4-13,15-16H,14H2,1-3H3,(H,24,26)/b13-12+/t16-/m0/s1. The third kappa shape index (κ3) is 5.68. The molecule has 0 fully saturated rings. The summed E-state index contributed by atoms with van der Waals surface area (Å²) in [6.45, 7) is 4.29. The summed E-state index contributed by atoms with van der Waals surface area (Å²) in [7, 11) is 1.62. The second-order valence-corrected chi connectivity index (χ2v) is 7.55. The Balaban J connectivity index is 1.64. The van der Waals surface area contributed by atoms with Gasteiger partial charge < -0.3 is 14.8 Å². The van der Waals surface area contributed by atoms with Crippen molar-refractivity contribution in [1.82, 2.24) is 10.3 Å². The molecule has 0 bridgehead atoms. The van der Waals surface area contributed by atoms with Gasteiger partial charge in [0.05, 0.1) is 23.9 Å². The van der Waals surface area contributed by atoms with Gasteiger partial charge in [-0.25, -0.2) is 4.98 Å². The quantitative estimate of drug-likeness (QED) is 0.537. The SMILES string of the molecule is COc1ccccc1[C@H](C)NC(=O)/C=C/c1ccccc1OCc1csc(C)n1. The second kappa shape index (κ2) is 9.89. The van der Waals surface area contributed by atoms with E-state index in [2.05, 4.69) is 10.3 Å². The van der Waals surface area contributed by atoms with Gasteiger partial charge in [0.2, 0.25) is 5.91 Å². The molecule has 0 aliphatic carbocycles. The lowest BCUT2D eigenvalue weighted by Gasteiger charge is -2.16. The Bertz CT molecular complexity index is 997. The number of hydrogen-bond donors (Lipinski definition) is 1. The maximum atomic E-state index is 12.4. The highest BCUT2D eigenvalue weighted by atomic mass is 32.1. The number of methoxy groups -OCH3 is 1. The highest BCUT2D eigenvalue weighted by Gasteiger charge is 2.12. The lowest BCUT2D eigenvalue weighted by molar-refractivity contribution is -0.117. The van der Waals surface area contributed by atoms with Crippen molar-refractivity contribution in [1.29, 1.82) is 0 Å². The van der Waals surface area contributed by atoms with E-state index in [1.807, 2.05) is 67.8 Å². The number of rotatable bonds is 8. The van der Waals surface area contributed by atoms with Gasteiger partial charge in [0.1, 0.15) is 18.1 Å². The van der Waals surface area contributed by atoms with Crippen LogP contribution in [0, 0.1) is 6.92 Å². The van der Waals surface area contributed by atoms with Crippen LogP contribution in [0.1, 0.15) is 34.8 Å². The third-order valence-corrected chi connectivity index (χ3v) is 5.16. The number of ether oxygens (including phenoxy) is 2. The van der Waals surface area contributed by atoms with Gasteiger partial charge in [-0.3, -0.25) is 4.79 Å². The molecule has 0 spiro atoms. The van der Waals surface area contributed by atoms with Crippen LogP contribution in [0.2, 0.25) is 0 Å². The summed E-state index contributed by atoms with van der Waals surface area (Å²) in [5, 5.41) is 5.96. The first-order valence-electron chi connectivity index (χ1n) is 9.31. The average Bonchev–Trinajstić information content (AvgIpc) is 3.16. The number of aryl methyl sites for hydroxylation is 1. The predicted octanol–water partition coefficient (Wildman–Crippen LogP) is 4.93. The molecule has 150 valence electrons. The van der Waals surface area contributed by atoms with Crippen molar-refractivity contribution in [2.75, 3.05) is 7.11 Å². The first-order valence-corrected chi connectivity index (χ1v) is 10.2. The second-order valence-electron chi connectivity index (χ2n) is 6.49. The van der Waals surface area contributed by atoms with Crippen molar-refractivity contribution in [2.45, 2.75) is 26.5 Å². The van der Waals surface area contributed by atoms with Crippen molar-refractivity contribution in [3.63, 3.8) is 0 Å². The summed E-state index contributed by atoms with van der Waals surface area (Å²) in [5.74, 6) is 1.27. The van der Waals surface area contributed by atoms with Gasteiger partial charge in [0.25, 0.3) is 0 Å². The maximum Gasteiger partial charge on any atom is 0.244 e. The summed E-state index contributed by atoms with van der Waals surface area (Å²) >= 11 is 1.60. The molecule has 0 saturated heterocycles. The fraction of sp³-hybridized carbons (Fsp3) is 0.217. The molecule has 0 aliphatic heterocycles. The minimum Gasteiger partial charge on any atom is -0.496 e. The van der Waals surface area contributed by atoms with Crippen molar-refractivity contribution in [3.05, 3.63) is 81.8 Å². The summed E-state index contributed by atoms with van der Waals surface area (Å²) in [4.78, 5) is 16.8. The number of benzene rings is 2. The van der Waals surface area contributed by atoms with E-state index >= 15 is 0 Å². The van der Waals surface area contributed by atoms with Gasteiger partial charge in [0, 0.05) is 22.6 Å². The normalized spacial score (nSPS) is 12.0. The van der Waals surface area contributed by atoms with E-state index < -0.39 is 0 Å². The Morgan fingerprint density at radius 1 is 1.17 bits per heavy atom. The lowest BCUT2D eigenvalue weighted by atomic mass is 10.1. The molecule has 1 heterocycles. The molecule has 6 heteroatoms. The Morgan fingerprint density at radius 2 is 1.90 bits per heavy atom. The van der Waals surface area contributed by atoms with Gasteiger partial charge in [-0.15, -0.1) is 11.3 Å². The number of carbonyl (C=O) groups is 1. The number of carbonyl (C=O) groups excluding carboxylic acids is 1. The number of nitrogens with one attached hydrogen (secondary N) is 1. The van der Waals surface area contributed by atoms with E-state index in [1.165, 1.54) is 6.08 Å². The van der Waals surface area contributed by atoms with E-state index in [4.69, 9.17) is 9.47 Å². The van der Waals surface area contributed by atoms with Crippen molar-refractivity contribution < 1.29 is 14.3 Å². The summed E-state index contributed by atoms with van der Waals surface area (Å²) < 4.78 is 11.3. The molecule has 2 aromatic carbocycles. The van der Waals surface area contributed by atoms with Crippen LogP contribution in [0.4, 0.5) is 0 Å². The number of amides is 1. The molecule has 5 nitrogen and oxygen atoms in total. The highest BCUT2D eigenvalue weighted by molar-refractivity contribution is 7.09. The van der Waals surface area contributed by atoms with E-state index in [0.717, 1.165) is 27.6 Å². The minimum atomic E-state index is -0.187. The number of thiazole rings is 1. The van der Waals surface area contributed by atoms with Crippen molar-refractivity contribution in [3.8, 4) is 11.5 Å². The van der Waals surface area contributed by atoms with Crippen molar-refractivity contribution >= 4 is 23.3 Å². The molecule has 1 N–H and O–H groups in total. The number of nitrogens with zero attached hydrogens (tertiary/aromatic N) is 1. The largest absolute Gasteiger partial charge is 0.496 e. The maximum absolute atomic E-state index is 12.4. The zero-order valence-electron chi connectivity index (χ0n) is 16.7. The molecule has 0 saturated carbocycles. The van der Waals surface area contributed by atoms with Crippen LogP contribution < -0.4 is 14.8 Å². The third-order valence-electron chi connectivity index (χ3n) is 4.34. The average molecular weight is 409 g/mol. The molecule has 3 aromatic rings. The van der Waals surface area contributed by atoms with Crippen LogP contribution >= 0.6 is 11.3 Å². The summed E-state index contributed by atoms with van der Waals surface area (Å²) in [5.41, 5.74) is 2.66.